The summed E-state index contributed by atoms with van der Waals surface area (Å²) in [4.78, 5) is 27.2. The second kappa shape index (κ2) is 11.3. The third-order valence-corrected chi connectivity index (χ3v) is 6.64. The van der Waals surface area contributed by atoms with Gasteiger partial charge in [0, 0.05) is 18.1 Å². The number of carbonyl (C=O) groups excluding carboxylic acids is 2. The number of hydrogen-bond acceptors (Lipinski definition) is 4. The molecule has 2 rings (SSSR count). The largest absolute Gasteiger partial charge is 0.355 e. The van der Waals surface area contributed by atoms with Crippen molar-refractivity contribution >= 4 is 39.1 Å². The molecule has 174 valence electrons. The maximum absolute atomic E-state index is 13.4. The fourth-order valence-corrected chi connectivity index (χ4v) is 4.27. The molecule has 0 aliphatic carbocycles. The molecule has 0 aliphatic rings. The van der Waals surface area contributed by atoms with Gasteiger partial charge in [0.1, 0.15) is 12.6 Å². The summed E-state index contributed by atoms with van der Waals surface area (Å²) < 4.78 is 26.1. The highest BCUT2D eigenvalue weighted by Gasteiger charge is 2.30. The van der Waals surface area contributed by atoms with Gasteiger partial charge in [0.2, 0.25) is 21.8 Å². The normalized spacial score (nSPS) is 12.2. The zero-order valence-corrected chi connectivity index (χ0v) is 20.4. The molecule has 2 aromatic rings. The summed E-state index contributed by atoms with van der Waals surface area (Å²) in [5, 5.41) is 3.17. The number of benzene rings is 2. The highest BCUT2D eigenvalue weighted by molar-refractivity contribution is 7.92. The first-order valence-corrected chi connectivity index (χ1v) is 12.7. The van der Waals surface area contributed by atoms with Crippen LogP contribution in [0, 0.1) is 0 Å². The first-order valence-electron chi connectivity index (χ1n) is 10.5. The number of likely N-dealkylation sites (N-methyl/N-ethyl adjacent to an activating group) is 1. The molecule has 0 saturated heterocycles. The minimum atomic E-state index is -3.74. The van der Waals surface area contributed by atoms with Crippen LogP contribution in [0.25, 0.3) is 0 Å². The Hall–Kier alpha value is -2.58. The molecule has 1 N–H and O–H groups in total. The molecular formula is C23H30ClN3O4S. The maximum Gasteiger partial charge on any atom is 0.244 e. The number of halogens is 1. The topological polar surface area (TPSA) is 86.8 Å². The van der Waals surface area contributed by atoms with Gasteiger partial charge >= 0.3 is 0 Å². The van der Waals surface area contributed by atoms with E-state index in [1.807, 2.05) is 19.1 Å². The van der Waals surface area contributed by atoms with Crippen molar-refractivity contribution in [2.45, 2.75) is 39.8 Å². The van der Waals surface area contributed by atoms with Crippen molar-refractivity contribution in [2.24, 2.45) is 0 Å². The maximum atomic E-state index is 13.4. The van der Waals surface area contributed by atoms with Crippen molar-refractivity contribution in [1.82, 2.24) is 10.2 Å². The summed E-state index contributed by atoms with van der Waals surface area (Å²) in [5.41, 5.74) is 2.11. The SMILES string of the molecule is CCNC(=O)[C@H](C)N(Cc1ccccc1Cl)C(=O)CN(c1ccc(CC)cc1)S(C)(=O)=O. The first-order chi connectivity index (χ1) is 15.1. The Morgan fingerprint density at radius 1 is 1.06 bits per heavy atom. The van der Waals surface area contributed by atoms with Crippen molar-refractivity contribution in [3.8, 4) is 0 Å². The Morgan fingerprint density at radius 2 is 1.69 bits per heavy atom. The third-order valence-electron chi connectivity index (χ3n) is 5.13. The molecule has 1 atom stereocenters. The summed E-state index contributed by atoms with van der Waals surface area (Å²) in [5.74, 6) is -0.834. The van der Waals surface area contributed by atoms with Crippen LogP contribution in [0.2, 0.25) is 5.02 Å². The smallest absolute Gasteiger partial charge is 0.244 e. The van der Waals surface area contributed by atoms with Crippen molar-refractivity contribution in [3.63, 3.8) is 0 Å². The van der Waals surface area contributed by atoms with Gasteiger partial charge in [0.15, 0.2) is 0 Å². The Bertz CT molecular complexity index is 1040. The molecule has 2 aromatic carbocycles. The number of nitrogens with one attached hydrogen (secondary N) is 1. The quantitative estimate of drug-likeness (QED) is 0.566. The van der Waals surface area contributed by atoms with E-state index in [0.717, 1.165) is 22.5 Å². The van der Waals surface area contributed by atoms with Crippen LogP contribution in [-0.4, -0.2) is 50.5 Å². The third kappa shape index (κ3) is 6.71. The van der Waals surface area contributed by atoms with Crippen LogP contribution in [0.3, 0.4) is 0 Å². The predicted octanol–water partition coefficient (Wildman–Crippen LogP) is 3.22. The highest BCUT2D eigenvalue weighted by Crippen LogP contribution is 2.22. The number of amides is 2. The molecule has 0 spiro atoms. The molecule has 0 radical (unpaired) electrons. The van der Waals surface area contributed by atoms with E-state index in [1.54, 1.807) is 50.2 Å². The van der Waals surface area contributed by atoms with Crippen LogP contribution < -0.4 is 9.62 Å². The lowest BCUT2D eigenvalue weighted by atomic mass is 10.1. The molecule has 2 amide bonds. The fourth-order valence-electron chi connectivity index (χ4n) is 3.23. The van der Waals surface area contributed by atoms with Gasteiger partial charge in [-0.3, -0.25) is 13.9 Å². The monoisotopic (exact) mass is 479 g/mol. The van der Waals surface area contributed by atoms with E-state index < -0.39 is 28.5 Å². The molecule has 9 heteroatoms. The van der Waals surface area contributed by atoms with Crippen molar-refractivity contribution < 1.29 is 18.0 Å². The Kier molecular flexibility index (Phi) is 9.09. The van der Waals surface area contributed by atoms with Gasteiger partial charge in [0.05, 0.1) is 11.9 Å². The second-order valence-electron chi connectivity index (χ2n) is 7.47. The zero-order valence-electron chi connectivity index (χ0n) is 18.8. The molecule has 0 aromatic heterocycles. The second-order valence-corrected chi connectivity index (χ2v) is 9.79. The van der Waals surface area contributed by atoms with Crippen molar-refractivity contribution in [3.05, 3.63) is 64.7 Å². The Balaban J connectivity index is 2.38. The van der Waals surface area contributed by atoms with Gasteiger partial charge in [-0.25, -0.2) is 8.42 Å². The first kappa shape index (κ1) is 25.7. The number of anilines is 1. The molecule has 0 aliphatic heterocycles. The average Bonchev–Trinajstić information content (AvgIpc) is 2.75. The summed E-state index contributed by atoms with van der Waals surface area (Å²) in [6.07, 6.45) is 1.87. The van der Waals surface area contributed by atoms with Gasteiger partial charge in [-0.05, 0) is 49.6 Å². The highest BCUT2D eigenvalue weighted by atomic mass is 35.5. The van der Waals surface area contributed by atoms with Crippen LogP contribution >= 0.6 is 11.6 Å². The van der Waals surface area contributed by atoms with Crippen molar-refractivity contribution in [1.29, 1.82) is 0 Å². The molecule has 0 bridgehead atoms. The fraction of sp³-hybridized carbons (Fsp3) is 0.391. The van der Waals surface area contributed by atoms with E-state index >= 15 is 0 Å². The molecular weight excluding hydrogens is 450 g/mol. The van der Waals surface area contributed by atoms with Crippen LogP contribution in [0.1, 0.15) is 31.9 Å². The zero-order chi connectivity index (χ0) is 23.9. The molecule has 0 heterocycles. The number of sulfonamides is 1. The lowest BCUT2D eigenvalue weighted by molar-refractivity contribution is -0.139. The number of nitrogens with zero attached hydrogens (tertiary/aromatic N) is 2. The van der Waals surface area contributed by atoms with E-state index in [0.29, 0.717) is 22.8 Å². The van der Waals surface area contributed by atoms with Gasteiger partial charge in [-0.2, -0.15) is 0 Å². The van der Waals surface area contributed by atoms with Crippen LogP contribution in [0.5, 0.6) is 0 Å². The van der Waals surface area contributed by atoms with Crippen LogP contribution in [0.4, 0.5) is 5.69 Å². The average molecular weight is 480 g/mol. The lowest BCUT2D eigenvalue weighted by Gasteiger charge is -2.31. The predicted molar refractivity (Wildman–Crippen MR) is 128 cm³/mol. The van der Waals surface area contributed by atoms with E-state index in [4.69, 9.17) is 11.6 Å². The van der Waals surface area contributed by atoms with Gasteiger partial charge in [-0.15, -0.1) is 0 Å². The molecule has 0 saturated carbocycles. The molecule has 7 nitrogen and oxygen atoms in total. The summed E-state index contributed by atoms with van der Waals surface area (Å²) >= 11 is 6.28. The number of rotatable bonds is 10. The minimum absolute atomic E-state index is 0.0726. The molecule has 32 heavy (non-hydrogen) atoms. The summed E-state index contributed by atoms with van der Waals surface area (Å²) in [7, 11) is -3.74. The van der Waals surface area contributed by atoms with Gasteiger partial charge in [0.25, 0.3) is 0 Å². The molecule has 0 fully saturated rings. The van der Waals surface area contributed by atoms with Gasteiger partial charge in [-0.1, -0.05) is 48.9 Å². The van der Waals surface area contributed by atoms with E-state index in [2.05, 4.69) is 5.32 Å². The minimum Gasteiger partial charge on any atom is -0.355 e. The summed E-state index contributed by atoms with van der Waals surface area (Å²) in [6.45, 7) is 5.46. The number of aryl methyl sites for hydroxylation is 1. The van der Waals surface area contributed by atoms with Crippen LogP contribution in [0.15, 0.2) is 48.5 Å². The van der Waals surface area contributed by atoms with E-state index in [1.165, 1.54) is 4.90 Å². The molecule has 0 unspecified atom stereocenters. The lowest BCUT2D eigenvalue weighted by Crippen LogP contribution is -2.51. The van der Waals surface area contributed by atoms with Crippen LogP contribution in [-0.2, 0) is 32.6 Å². The number of carbonyl (C=O) groups is 2. The Labute approximate surface area is 195 Å². The summed E-state index contributed by atoms with van der Waals surface area (Å²) in [6, 6.07) is 13.2. The van der Waals surface area contributed by atoms with E-state index in [9.17, 15) is 18.0 Å². The van der Waals surface area contributed by atoms with Crippen molar-refractivity contribution in [2.75, 3.05) is 23.7 Å². The standard InChI is InChI=1S/C23H30ClN3O4S/c1-5-18-11-13-20(14-12-18)27(32(4,30)31)16-22(28)26(17(3)23(29)25-6-2)15-19-9-7-8-10-21(19)24/h7-14,17H,5-6,15-16H2,1-4H3,(H,25,29)/t17-/m0/s1. The Morgan fingerprint density at radius 3 is 2.22 bits per heavy atom. The number of hydrogen-bond donors (Lipinski definition) is 1. The van der Waals surface area contributed by atoms with Gasteiger partial charge < -0.3 is 10.2 Å². The van der Waals surface area contributed by atoms with E-state index in [-0.39, 0.29) is 12.5 Å².